The van der Waals surface area contributed by atoms with Crippen molar-refractivity contribution >= 4 is 15.8 Å². The minimum absolute atomic E-state index is 0.0384. The molecule has 0 aromatic carbocycles. The van der Waals surface area contributed by atoms with Crippen molar-refractivity contribution in [3.8, 4) is 0 Å². The van der Waals surface area contributed by atoms with Crippen LogP contribution in [-0.4, -0.2) is 52.2 Å². The molecule has 1 N–H and O–H groups in total. The van der Waals surface area contributed by atoms with E-state index in [9.17, 15) is 17.2 Å². The third-order valence-corrected chi connectivity index (χ3v) is 5.40. The summed E-state index contributed by atoms with van der Waals surface area (Å²) in [6, 6.07) is 2.99. The topological polar surface area (TPSA) is 71.5 Å². The summed E-state index contributed by atoms with van der Waals surface area (Å²) in [6.07, 6.45) is -0.320. The molecule has 3 rings (SSSR count). The molecule has 2 heterocycles. The fourth-order valence-electron chi connectivity index (χ4n) is 2.39. The van der Waals surface area contributed by atoms with Gasteiger partial charge in [-0.1, -0.05) is 0 Å². The highest BCUT2D eigenvalue weighted by atomic mass is 32.2. The Kier molecular flexibility index (Phi) is 4.79. The van der Waals surface area contributed by atoms with Gasteiger partial charge >= 0.3 is 0 Å². The van der Waals surface area contributed by atoms with Gasteiger partial charge < -0.3 is 9.64 Å². The van der Waals surface area contributed by atoms with Crippen LogP contribution in [0.2, 0.25) is 0 Å². The van der Waals surface area contributed by atoms with Gasteiger partial charge in [0, 0.05) is 19.3 Å². The molecule has 128 valence electrons. The Morgan fingerprint density at radius 3 is 2.78 bits per heavy atom. The van der Waals surface area contributed by atoms with E-state index in [1.54, 1.807) is 11.0 Å². The lowest BCUT2D eigenvalue weighted by atomic mass is 10.2. The standard InChI is InChI=1S/C14H19F2N3O3S/c15-14(16)12-9-19(5-6-22-12)13-4-3-11(8-17-13)23(20,21)18-7-10-1-2-10/h3-4,8,10,12,14,18H,1-2,5-7,9H2. The van der Waals surface area contributed by atoms with Crippen LogP contribution in [0, 0.1) is 5.92 Å². The number of pyridine rings is 1. The number of sulfonamides is 1. The fraction of sp³-hybridized carbons (Fsp3) is 0.643. The smallest absolute Gasteiger partial charge is 0.266 e. The Balaban J connectivity index is 1.66. The van der Waals surface area contributed by atoms with E-state index in [-0.39, 0.29) is 18.0 Å². The van der Waals surface area contributed by atoms with E-state index < -0.39 is 22.6 Å². The maximum atomic E-state index is 12.7. The van der Waals surface area contributed by atoms with E-state index in [1.807, 2.05) is 0 Å². The van der Waals surface area contributed by atoms with Gasteiger partial charge in [0.25, 0.3) is 6.43 Å². The number of rotatable bonds is 6. The number of hydrogen-bond donors (Lipinski definition) is 1. The van der Waals surface area contributed by atoms with Crippen molar-refractivity contribution in [1.29, 1.82) is 0 Å². The zero-order valence-corrected chi connectivity index (χ0v) is 13.3. The van der Waals surface area contributed by atoms with Gasteiger partial charge in [-0.25, -0.2) is 26.9 Å². The molecule has 1 aromatic heterocycles. The molecule has 1 atom stereocenters. The van der Waals surface area contributed by atoms with Gasteiger partial charge in [-0.05, 0) is 30.9 Å². The first kappa shape index (κ1) is 16.5. The average Bonchev–Trinajstić information content (AvgIpc) is 3.38. The van der Waals surface area contributed by atoms with Crippen molar-refractivity contribution in [1.82, 2.24) is 9.71 Å². The van der Waals surface area contributed by atoms with Crippen LogP contribution in [0.1, 0.15) is 12.8 Å². The second-order valence-corrected chi connectivity index (χ2v) is 7.60. The summed E-state index contributed by atoms with van der Waals surface area (Å²) in [4.78, 5) is 5.87. The molecule has 1 aliphatic carbocycles. The van der Waals surface area contributed by atoms with Crippen molar-refractivity contribution in [2.75, 3.05) is 31.1 Å². The summed E-state index contributed by atoms with van der Waals surface area (Å²) in [5.41, 5.74) is 0. The molecule has 1 aromatic rings. The Labute approximate surface area is 133 Å². The SMILES string of the molecule is O=S(=O)(NCC1CC1)c1ccc(N2CCOC(C(F)F)C2)nc1. The lowest BCUT2D eigenvalue weighted by Gasteiger charge is -2.33. The van der Waals surface area contributed by atoms with E-state index in [0.717, 1.165) is 12.8 Å². The number of anilines is 1. The number of nitrogens with zero attached hydrogens (tertiary/aromatic N) is 2. The quantitative estimate of drug-likeness (QED) is 0.838. The highest BCUT2D eigenvalue weighted by Gasteiger charge is 2.29. The molecule has 2 fully saturated rings. The van der Waals surface area contributed by atoms with Gasteiger partial charge in [0.2, 0.25) is 10.0 Å². The predicted molar refractivity (Wildman–Crippen MR) is 80.1 cm³/mol. The van der Waals surface area contributed by atoms with E-state index in [4.69, 9.17) is 4.74 Å². The highest BCUT2D eigenvalue weighted by Crippen LogP contribution is 2.28. The van der Waals surface area contributed by atoms with Crippen LogP contribution in [-0.2, 0) is 14.8 Å². The Morgan fingerprint density at radius 2 is 2.17 bits per heavy atom. The van der Waals surface area contributed by atoms with Gasteiger partial charge in [0.15, 0.2) is 0 Å². The number of aromatic nitrogens is 1. The Hall–Kier alpha value is -1.32. The highest BCUT2D eigenvalue weighted by molar-refractivity contribution is 7.89. The molecule has 2 aliphatic rings. The summed E-state index contributed by atoms with van der Waals surface area (Å²) >= 11 is 0. The summed E-state index contributed by atoms with van der Waals surface area (Å²) in [5.74, 6) is 0.914. The van der Waals surface area contributed by atoms with Crippen molar-refractivity contribution in [3.63, 3.8) is 0 Å². The zero-order valence-electron chi connectivity index (χ0n) is 12.5. The molecular weight excluding hydrogens is 328 g/mol. The van der Waals surface area contributed by atoms with E-state index in [1.165, 1.54) is 12.3 Å². The largest absolute Gasteiger partial charge is 0.369 e. The van der Waals surface area contributed by atoms with E-state index >= 15 is 0 Å². The van der Waals surface area contributed by atoms with Crippen molar-refractivity contribution in [3.05, 3.63) is 18.3 Å². The molecule has 0 bridgehead atoms. The number of ether oxygens (including phenoxy) is 1. The number of nitrogens with one attached hydrogen (secondary N) is 1. The first-order chi connectivity index (χ1) is 11.0. The third kappa shape index (κ3) is 4.15. The summed E-state index contributed by atoms with van der Waals surface area (Å²) in [6.45, 7) is 1.13. The number of morpholine rings is 1. The van der Waals surface area contributed by atoms with Crippen LogP contribution >= 0.6 is 0 Å². The molecule has 0 amide bonds. The van der Waals surface area contributed by atoms with Crippen LogP contribution in [0.25, 0.3) is 0 Å². The Morgan fingerprint density at radius 1 is 1.39 bits per heavy atom. The fourth-order valence-corrected chi connectivity index (χ4v) is 3.45. The molecule has 0 radical (unpaired) electrons. The monoisotopic (exact) mass is 347 g/mol. The molecule has 1 unspecified atom stereocenters. The first-order valence-electron chi connectivity index (χ1n) is 7.56. The Bertz CT molecular complexity index is 635. The predicted octanol–water partition coefficient (Wildman–Crippen LogP) is 1.24. The molecule has 1 saturated heterocycles. The summed E-state index contributed by atoms with van der Waals surface area (Å²) < 4.78 is 57.2. The molecule has 0 spiro atoms. The summed E-state index contributed by atoms with van der Waals surface area (Å²) in [5, 5.41) is 0. The van der Waals surface area contributed by atoms with Gasteiger partial charge in [0.05, 0.1) is 13.2 Å². The minimum Gasteiger partial charge on any atom is -0.369 e. The third-order valence-electron chi connectivity index (χ3n) is 3.99. The number of halogens is 2. The second kappa shape index (κ2) is 6.66. The minimum atomic E-state index is -3.56. The van der Waals surface area contributed by atoms with E-state index in [2.05, 4.69) is 9.71 Å². The molecule has 23 heavy (non-hydrogen) atoms. The van der Waals surface area contributed by atoms with Crippen LogP contribution in [0.5, 0.6) is 0 Å². The maximum absolute atomic E-state index is 12.7. The van der Waals surface area contributed by atoms with Gasteiger partial charge in [-0.3, -0.25) is 0 Å². The van der Waals surface area contributed by atoms with Crippen LogP contribution in [0.3, 0.4) is 0 Å². The zero-order chi connectivity index (χ0) is 16.4. The first-order valence-corrected chi connectivity index (χ1v) is 9.04. The van der Waals surface area contributed by atoms with Crippen LogP contribution in [0.4, 0.5) is 14.6 Å². The lowest BCUT2D eigenvalue weighted by Crippen LogP contribution is -2.46. The molecular formula is C14H19F2N3O3S. The molecule has 9 heteroatoms. The van der Waals surface area contributed by atoms with Crippen molar-refractivity contribution in [2.45, 2.75) is 30.3 Å². The van der Waals surface area contributed by atoms with E-state index in [0.29, 0.717) is 24.8 Å². The normalized spacial score (nSPS) is 22.6. The number of hydrogen-bond acceptors (Lipinski definition) is 5. The van der Waals surface area contributed by atoms with Crippen LogP contribution in [0.15, 0.2) is 23.2 Å². The molecule has 1 aliphatic heterocycles. The molecule has 1 saturated carbocycles. The molecule has 6 nitrogen and oxygen atoms in total. The lowest BCUT2D eigenvalue weighted by molar-refractivity contribution is -0.0615. The van der Waals surface area contributed by atoms with Crippen molar-refractivity contribution < 1.29 is 21.9 Å². The van der Waals surface area contributed by atoms with Gasteiger partial charge in [-0.2, -0.15) is 0 Å². The van der Waals surface area contributed by atoms with Gasteiger partial charge in [0.1, 0.15) is 16.8 Å². The average molecular weight is 347 g/mol. The second-order valence-electron chi connectivity index (χ2n) is 5.84. The maximum Gasteiger partial charge on any atom is 0.266 e. The summed E-state index contributed by atoms with van der Waals surface area (Å²) in [7, 11) is -3.56. The van der Waals surface area contributed by atoms with Crippen LogP contribution < -0.4 is 9.62 Å². The number of alkyl halides is 2. The van der Waals surface area contributed by atoms with Crippen molar-refractivity contribution in [2.24, 2.45) is 5.92 Å². The van der Waals surface area contributed by atoms with Gasteiger partial charge in [-0.15, -0.1) is 0 Å².